The van der Waals surface area contributed by atoms with Crippen LogP contribution in [0.1, 0.15) is 5.82 Å². The summed E-state index contributed by atoms with van der Waals surface area (Å²) in [6.07, 6.45) is 1.55. The van der Waals surface area contributed by atoms with Crippen molar-refractivity contribution in [2.45, 2.75) is 0 Å². The molecule has 0 spiro atoms. The quantitative estimate of drug-likeness (QED) is 0.687. The van der Waals surface area contributed by atoms with Gasteiger partial charge in [0, 0.05) is 0 Å². The number of tetrazole rings is 1. The highest BCUT2D eigenvalue weighted by molar-refractivity contribution is 5.76. The Hall–Kier alpha value is -2.04. The Bertz CT molecular complexity index is 378. The van der Waals surface area contributed by atoms with Crippen molar-refractivity contribution in [3.63, 3.8) is 0 Å². The van der Waals surface area contributed by atoms with E-state index in [0.717, 1.165) is 5.69 Å². The van der Waals surface area contributed by atoms with Gasteiger partial charge in [-0.1, -0.05) is 18.2 Å². The molecule has 1 aromatic heterocycles. The van der Waals surface area contributed by atoms with Gasteiger partial charge in [-0.05, 0) is 17.3 Å². The molecule has 2 rings (SSSR count). The Labute approximate surface area is 74.5 Å². The van der Waals surface area contributed by atoms with E-state index in [1.54, 1.807) is 6.21 Å². The van der Waals surface area contributed by atoms with Gasteiger partial charge in [-0.25, -0.2) is 0 Å². The molecule has 0 bridgehead atoms. The molecule has 2 aromatic rings. The average Bonchev–Trinajstić information content (AvgIpc) is 2.69. The molecule has 0 unspecified atom stereocenters. The lowest BCUT2D eigenvalue weighted by Gasteiger charge is -1.88. The van der Waals surface area contributed by atoms with Gasteiger partial charge < -0.3 is 0 Å². The maximum atomic E-state index is 4.14. The van der Waals surface area contributed by atoms with Crippen molar-refractivity contribution in [3.05, 3.63) is 36.2 Å². The highest BCUT2D eigenvalue weighted by atomic mass is 15.5. The topological polar surface area (TPSA) is 66.8 Å². The minimum atomic E-state index is 0.476. The van der Waals surface area contributed by atoms with Crippen LogP contribution in [0.4, 0.5) is 5.69 Å². The summed E-state index contributed by atoms with van der Waals surface area (Å²) in [5, 5.41) is 13.2. The molecule has 1 N–H and O–H groups in total. The molecular formula is C8H7N5. The predicted molar refractivity (Wildman–Crippen MR) is 47.9 cm³/mol. The molecule has 0 aliphatic carbocycles. The van der Waals surface area contributed by atoms with Crippen LogP contribution in [0.3, 0.4) is 0 Å². The molecule has 5 heteroatoms. The maximum absolute atomic E-state index is 4.14. The summed E-state index contributed by atoms with van der Waals surface area (Å²) in [6, 6.07) is 9.58. The van der Waals surface area contributed by atoms with Crippen LogP contribution in [-0.2, 0) is 0 Å². The lowest BCUT2D eigenvalue weighted by atomic mass is 10.3. The highest BCUT2D eigenvalue weighted by Crippen LogP contribution is 2.08. The molecule has 1 aromatic carbocycles. The fourth-order valence-electron chi connectivity index (χ4n) is 0.871. The molecule has 0 amide bonds. The molecule has 1 heterocycles. The number of aromatic amines is 1. The first kappa shape index (κ1) is 7.60. The van der Waals surface area contributed by atoms with Crippen LogP contribution in [0.2, 0.25) is 0 Å². The molecule has 0 aliphatic rings. The standard InChI is InChI=1S/C8H7N5/c1-2-4-7(5-3-1)9-6-8-10-12-13-11-8/h1-6H,(H,10,11,12,13). The first-order chi connectivity index (χ1) is 6.45. The van der Waals surface area contributed by atoms with E-state index in [1.807, 2.05) is 30.3 Å². The van der Waals surface area contributed by atoms with Gasteiger partial charge in [-0.3, -0.25) is 4.99 Å². The van der Waals surface area contributed by atoms with Gasteiger partial charge in [-0.15, -0.1) is 10.2 Å². The monoisotopic (exact) mass is 173 g/mol. The number of hydrogen-bond donors (Lipinski definition) is 1. The number of nitrogens with zero attached hydrogens (tertiary/aromatic N) is 4. The molecule has 0 atom stereocenters. The van der Waals surface area contributed by atoms with Crippen LogP contribution in [0.5, 0.6) is 0 Å². The number of aromatic nitrogens is 4. The Morgan fingerprint density at radius 3 is 2.77 bits per heavy atom. The zero-order chi connectivity index (χ0) is 8.93. The van der Waals surface area contributed by atoms with Crippen LogP contribution in [0.15, 0.2) is 35.3 Å². The van der Waals surface area contributed by atoms with Crippen LogP contribution in [0.25, 0.3) is 0 Å². The van der Waals surface area contributed by atoms with E-state index in [1.165, 1.54) is 0 Å². The molecule has 0 radical (unpaired) electrons. The van der Waals surface area contributed by atoms with Crippen LogP contribution in [-0.4, -0.2) is 26.8 Å². The maximum Gasteiger partial charge on any atom is 0.215 e. The Balaban J connectivity index is 2.15. The summed E-state index contributed by atoms with van der Waals surface area (Å²) in [5.41, 5.74) is 0.868. The fourth-order valence-corrected chi connectivity index (χ4v) is 0.871. The van der Waals surface area contributed by atoms with Gasteiger partial charge in [0.15, 0.2) is 0 Å². The summed E-state index contributed by atoms with van der Waals surface area (Å²) in [6.45, 7) is 0. The van der Waals surface area contributed by atoms with Crippen molar-refractivity contribution < 1.29 is 0 Å². The number of nitrogens with one attached hydrogen (secondary N) is 1. The van der Waals surface area contributed by atoms with Gasteiger partial charge in [0.05, 0.1) is 11.9 Å². The van der Waals surface area contributed by atoms with E-state index in [0.29, 0.717) is 5.82 Å². The Kier molecular flexibility index (Phi) is 2.09. The van der Waals surface area contributed by atoms with Crippen molar-refractivity contribution >= 4 is 11.9 Å². The number of benzene rings is 1. The van der Waals surface area contributed by atoms with Crippen LogP contribution in [0, 0.1) is 0 Å². The van der Waals surface area contributed by atoms with Crippen LogP contribution >= 0.6 is 0 Å². The Morgan fingerprint density at radius 2 is 2.08 bits per heavy atom. The molecule has 0 saturated carbocycles. The number of aliphatic imine (C=N–C) groups is 1. The third kappa shape index (κ3) is 1.96. The lowest BCUT2D eigenvalue weighted by Crippen LogP contribution is -1.82. The molecule has 5 nitrogen and oxygen atoms in total. The second kappa shape index (κ2) is 3.57. The first-order valence-electron chi connectivity index (χ1n) is 3.78. The minimum Gasteiger partial charge on any atom is -0.253 e. The average molecular weight is 173 g/mol. The van der Waals surface area contributed by atoms with Crippen molar-refractivity contribution in [2.75, 3.05) is 0 Å². The Morgan fingerprint density at radius 1 is 1.23 bits per heavy atom. The molecule has 64 valence electrons. The van der Waals surface area contributed by atoms with E-state index in [9.17, 15) is 0 Å². The summed E-state index contributed by atoms with van der Waals surface area (Å²) in [4.78, 5) is 4.14. The third-order valence-corrected chi connectivity index (χ3v) is 1.45. The van der Waals surface area contributed by atoms with E-state index in [4.69, 9.17) is 0 Å². The summed E-state index contributed by atoms with van der Waals surface area (Å²) >= 11 is 0. The lowest BCUT2D eigenvalue weighted by molar-refractivity contribution is 0.881. The number of para-hydroxylation sites is 1. The zero-order valence-electron chi connectivity index (χ0n) is 6.75. The fraction of sp³-hybridized carbons (Fsp3) is 0. The van der Waals surface area contributed by atoms with Gasteiger partial charge in [0.25, 0.3) is 0 Å². The summed E-state index contributed by atoms with van der Waals surface area (Å²) in [5.74, 6) is 0.476. The normalized spacial score (nSPS) is 10.8. The number of hydrogen-bond acceptors (Lipinski definition) is 4. The summed E-state index contributed by atoms with van der Waals surface area (Å²) < 4.78 is 0. The highest BCUT2D eigenvalue weighted by Gasteiger charge is 1.90. The van der Waals surface area contributed by atoms with E-state index in [2.05, 4.69) is 25.6 Å². The van der Waals surface area contributed by atoms with E-state index < -0.39 is 0 Å². The largest absolute Gasteiger partial charge is 0.253 e. The van der Waals surface area contributed by atoms with Crippen molar-refractivity contribution in [1.82, 2.24) is 20.6 Å². The third-order valence-electron chi connectivity index (χ3n) is 1.45. The van der Waals surface area contributed by atoms with Gasteiger partial charge in [-0.2, -0.15) is 5.21 Å². The second-order valence-corrected chi connectivity index (χ2v) is 2.36. The number of H-pyrrole nitrogens is 1. The SMILES string of the molecule is C(=Nc1ccccc1)c1nn[nH]n1. The molecular weight excluding hydrogens is 166 g/mol. The molecule has 0 aliphatic heterocycles. The number of rotatable bonds is 2. The van der Waals surface area contributed by atoms with Crippen molar-refractivity contribution in [3.8, 4) is 0 Å². The molecule has 0 fully saturated rings. The molecule has 13 heavy (non-hydrogen) atoms. The molecule has 0 saturated heterocycles. The van der Waals surface area contributed by atoms with Crippen LogP contribution < -0.4 is 0 Å². The van der Waals surface area contributed by atoms with Gasteiger partial charge in [0.1, 0.15) is 0 Å². The van der Waals surface area contributed by atoms with Gasteiger partial charge >= 0.3 is 0 Å². The summed E-state index contributed by atoms with van der Waals surface area (Å²) in [7, 11) is 0. The zero-order valence-corrected chi connectivity index (χ0v) is 6.75. The van der Waals surface area contributed by atoms with E-state index in [-0.39, 0.29) is 0 Å². The van der Waals surface area contributed by atoms with E-state index >= 15 is 0 Å². The van der Waals surface area contributed by atoms with Crippen molar-refractivity contribution in [1.29, 1.82) is 0 Å². The van der Waals surface area contributed by atoms with Crippen molar-refractivity contribution in [2.24, 2.45) is 4.99 Å². The first-order valence-corrected chi connectivity index (χ1v) is 3.78. The van der Waals surface area contributed by atoms with Gasteiger partial charge in [0.2, 0.25) is 5.82 Å². The predicted octanol–water partition coefficient (Wildman–Crippen LogP) is 0.950. The second-order valence-electron chi connectivity index (χ2n) is 2.36. The minimum absolute atomic E-state index is 0.476. The smallest absolute Gasteiger partial charge is 0.215 e.